The molecule has 0 bridgehead atoms. The van der Waals surface area contributed by atoms with Crippen molar-refractivity contribution in [3.63, 3.8) is 0 Å². The molecule has 0 saturated heterocycles. The van der Waals surface area contributed by atoms with Crippen LogP contribution < -0.4 is 5.06 Å². The van der Waals surface area contributed by atoms with Crippen LogP contribution in [0.15, 0.2) is 36.4 Å². The van der Waals surface area contributed by atoms with Gasteiger partial charge >= 0.3 is 0 Å². The highest BCUT2D eigenvalue weighted by Gasteiger charge is 2.20. The van der Waals surface area contributed by atoms with E-state index in [9.17, 15) is 13.9 Å². The van der Waals surface area contributed by atoms with Crippen LogP contribution >= 0.6 is 22.6 Å². The quantitative estimate of drug-likeness (QED) is 0.514. The number of benzene rings is 2. The molecule has 2 aromatic carbocycles. The van der Waals surface area contributed by atoms with E-state index in [-0.39, 0.29) is 18.9 Å². The molecule has 1 unspecified atom stereocenters. The summed E-state index contributed by atoms with van der Waals surface area (Å²) < 4.78 is 33.7. The Kier molecular flexibility index (Phi) is 6.90. The Morgan fingerprint density at radius 2 is 1.92 bits per heavy atom. The van der Waals surface area contributed by atoms with Gasteiger partial charge in [-0.1, -0.05) is 6.07 Å². The van der Waals surface area contributed by atoms with Crippen molar-refractivity contribution >= 4 is 34.0 Å². The average molecular weight is 449 g/mol. The zero-order valence-electron chi connectivity index (χ0n) is 13.3. The molecule has 4 nitrogen and oxygen atoms in total. The highest BCUT2D eigenvalue weighted by molar-refractivity contribution is 14.1. The SMILES string of the molecule is COCC(O)CON(c1ccc(I)cc1C)c1cccc(F)c1F. The molecule has 2 aromatic rings. The molecule has 0 aliphatic rings. The van der Waals surface area contributed by atoms with Crippen molar-refractivity contribution in [1.29, 1.82) is 0 Å². The van der Waals surface area contributed by atoms with Crippen LogP contribution in [0.5, 0.6) is 0 Å². The summed E-state index contributed by atoms with van der Waals surface area (Å²) in [4.78, 5) is 5.58. The normalized spacial score (nSPS) is 12.2. The molecule has 0 radical (unpaired) electrons. The third-order valence-corrected chi connectivity index (χ3v) is 3.95. The molecular formula is C17H18F2INO3. The van der Waals surface area contributed by atoms with Gasteiger partial charge in [0.1, 0.15) is 18.4 Å². The minimum atomic E-state index is -1.02. The zero-order chi connectivity index (χ0) is 17.7. The van der Waals surface area contributed by atoms with Crippen LogP contribution in [0.1, 0.15) is 5.56 Å². The topological polar surface area (TPSA) is 41.9 Å². The van der Waals surface area contributed by atoms with Gasteiger partial charge in [-0.2, -0.15) is 0 Å². The second kappa shape index (κ2) is 8.70. The van der Waals surface area contributed by atoms with Crippen LogP contribution in [-0.2, 0) is 9.57 Å². The number of nitrogens with zero attached hydrogens (tertiary/aromatic N) is 1. The first-order valence-corrected chi connectivity index (χ1v) is 8.32. The van der Waals surface area contributed by atoms with Crippen molar-refractivity contribution < 1.29 is 23.5 Å². The summed E-state index contributed by atoms with van der Waals surface area (Å²) in [6, 6.07) is 9.34. The molecule has 0 aliphatic carbocycles. The number of halogens is 3. The van der Waals surface area contributed by atoms with Crippen molar-refractivity contribution in [3.8, 4) is 0 Å². The lowest BCUT2D eigenvalue weighted by atomic mass is 10.2. The van der Waals surface area contributed by atoms with E-state index in [0.29, 0.717) is 5.69 Å². The Bertz CT molecular complexity index is 700. The number of aliphatic hydroxyl groups is 1. The summed E-state index contributed by atoms with van der Waals surface area (Å²) >= 11 is 2.17. The molecule has 1 N–H and O–H groups in total. The van der Waals surface area contributed by atoms with Gasteiger partial charge in [-0.25, -0.2) is 13.8 Å². The summed E-state index contributed by atoms with van der Waals surface area (Å²) in [5.74, 6) is -1.99. The summed E-state index contributed by atoms with van der Waals surface area (Å²) in [7, 11) is 1.45. The number of anilines is 2. The molecule has 0 saturated carbocycles. The van der Waals surface area contributed by atoms with Gasteiger partial charge in [0, 0.05) is 10.7 Å². The van der Waals surface area contributed by atoms with Crippen LogP contribution in [0.25, 0.3) is 0 Å². The molecule has 0 fully saturated rings. The third kappa shape index (κ3) is 4.62. The molecule has 0 aromatic heterocycles. The van der Waals surface area contributed by atoms with Crippen molar-refractivity contribution in [2.45, 2.75) is 13.0 Å². The van der Waals surface area contributed by atoms with E-state index in [1.54, 1.807) is 6.07 Å². The van der Waals surface area contributed by atoms with Crippen LogP contribution in [0.3, 0.4) is 0 Å². The number of ether oxygens (including phenoxy) is 1. The van der Waals surface area contributed by atoms with E-state index in [0.717, 1.165) is 15.2 Å². The molecular weight excluding hydrogens is 431 g/mol. The first kappa shape index (κ1) is 19.0. The Balaban J connectivity index is 2.39. The molecule has 2 rings (SSSR count). The predicted octanol–water partition coefficient (Wildman–Crippen LogP) is 3.95. The molecule has 0 spiro atoms. The Labute approximate surface area is 153 Å². The fourth-order valence-corrected chi connectivity index (χ4v) is 2.81. The summed E-state index contributed by atoms with van der Waals surface area (Å²) in [5.41, 5.74) is 1.32. The van der Waals surface area contributed by atoms with Gasteiger partial charge in [0.05, 0.1) is 12.3 Å². The number of aryl methyl sites for hydroxylation is 1. The highest BCUT2D eigenvalue weighted by atomic mass is 127. The van der Waals surface area contributed by atoms with Crippen LogP contribution in [0.2, 0.25) is 0 Å². The first-order valence-electron chi connectivity index (χ1n) is 7.24. The minimum absolute atomic E-state index is 0.0658. The first-order chi connectivity index (χ1) is 11.4. The molecule has 0 amide bonds. The maximum atomic E-state index is 14.2. The standard InChI is InChI=1S/C17H18F2INO3/c1-11-8-12(20)6-7-15(11)21(24-10-13(22)9-23-2)16-5-3-4-14(18)17(16)19/h3-8,13,22H,9-10H2,1-2H3. The molecule has 1 atom stereocenters. The molecule has 24 heavy (non-hydrogen) atoms. The lowest BCUT2D eigenvalue weighted by molar-refractivity contribution is -0.00664. The van der Waals surface area contributed by atoms with Crippen molar-refractivity contribution in [2.24, 2.45) is 0 Å². The van der Waals surface area contributed by atoms with Gasteiger partial charge in [0.2, 0.25) is 0 Å². The molecule has 130 valence electrons. The average Bonchev–Trinajstić information content (AvgIpc) is 2.53. The smallest absolute Gasteiger partial charge is 0.184 e. The fraction of sp³-hybridized carbons (Fsp3) is 0.294. The zero-order valence-corrected chi connectivity index (χ0v) is 15.5. The Morgan fingerprint density at radius 1 is 1.17 bits per heavy atom. The Hall–Kier alpha value is -1.29. The number of rotatable bonds is 7. The lowest BCUT2D eigenvalue weighted by Gasteiger charge is -2.27. The minimum Gasteiger partial charge on any atom is -0.388 e. The number of methoxy groups -OCH3 is 1. The van der Waals surface area contributed by atoms with Gasteiger partial charge in [-0.15, -0.1) is 0 Å². The number of hydrogen-bond acceptors (Lipinski definition) is 4. The van der Waals surface area contributed by atoms with E-state index < -0.39 is 17.7 Å². The van der Waals surface area contributed by atoms with Gasteiger partial charge in [0.15, 0.2) is 11.6 Å². The predicted molar refractivity (Wildman–Crippen MR) is 96.2 cm³/mol. The Morgan fingerprint density at radius 3 is 2.58 bits per heavy atom. The van der Waals surface area contributed by atoms with E-state index in [1.807, 2.05) is 19.1 Å². The van der Waals surface area contributed by atoms with Gasteiger partial charge in [-0.05, 0) is 65.4 Å². The fourth-order valence-electron chi connectivity index (χ4n) is 2.17. The molecule has 7 heteroatoms. The summed E-state index contributed by atoms with van der Waals surface area (Å²) in [6.45, 7) is 1.79. The second-order valence-corrected chi connectivity index (χ2v) is 6.45. The van der Waals surface area contributed by atoms with E-state index in [2.05, 4.69) is 22.6 Å². The van der Waals surface area contributed by atoms with Gasteiger partial charge in [0.25, 0.3) is 0 Å². The van der Waals surface area contributed by atoms with Gasteiger partial charge < -0.3 is 9.84 Å². The van der Waals surface area contributed by atoms with Crippen LogP contribution in [0, 0.1) is 22.1 Å². The van der Waals surface area contributed by atoms with Crippen LogP contribution in [-0.4, -0.2) is 31.5 Å². The van der Waals surface area contributed by atoms with E-state index in [1.165, 1.54) is 24.3 Å². The monoisotopic (exact) mass is 449 g/mol. The lowest BCUT2D eigenvalue weighted by Crippen LogP contribution is -2.28. The summed E-state index contributed by atoms with van der Waals surface area (Å²) in [5, 5.41) is 11.0. The van der Waals surface area contributed by atoms with Gasteiger partial charge in [-0.3, -0.25) is 4.84 Å². The maximum absolute atomic E-state index is 14.2. The van der Waals surface area contributed by atoms with Crippen molar-refractivity contribution in [3.05, 3.63) is 57.2 Å². The largest absolute Gasteiger partial charge is 0.388 e. The summed E-state index contributed by atoms with van der Waals surface area (Å²) in [6.07, 6.45) is -0.890. The van der Waals surface area contributed by atoms with Crippen molar-refractivity contribution in [1.82, 2.24) is 0 Å². The van der Waals surface area contributed by atoms with E-state index in [4.69, 9.17) is 9.57 Å². The van der Waals surface area contributed by atoms with Crippen molar-refractivity contribution in [2.75, 3.05) is 25.4 Å². The van der Waals surface area contributed by atoms with E-state index >= 15 is 0 Å². The second-order valence-electron chi connectivity index (χ2n) is 5.20. The number of aliphatic hydroxyl groups excluding tert-OH is 1. The maximum Gasteiger partial charge on any atom is 0.184 e. The third-order valence-electron chi connectivity index (χ3n) is 3.28. The molecule has 0 heterocycles. The number of hydrogen-bond donors (Lipinski definition) is 1. The van der Waals surface area contributed by atoms with Crippen LogP contribution in [0.4, 0.5) is 20.2 Å². The highest BCUT2D eigenvalue weighted by Crippen LogP contribution is 2.32. The molecule has 0 aliphatic heterocycles.